The SMILES string of the molecule is CC.Cc1ccc(NC(=O)c2cn(-c3ccccc3)nc2-c2ccccc2)cc1S(=O)N1CCOCC1. The van der Waals surface area contributed by atoms with Gasteiger partial charge in [0.15, 0.2) is 0 Å². The first-order valence-corrected chi connectivity index (χ1v) is 13.6. The van der Waals surface area contributed by atoms with Crippen LogP contribution in [0.1, 0.15) is 29.8 Å². The van der Waals surface area contributed by atoms with Crippen LogP contribution in [0.25, 0.3) is 16.9 Å². The van der Waals surface area contributed by atoms with E-state index in [2.05, 4.69) is 5.32 Å². The molecule has 0 radical (unpaired) electrons. The normalized spacial score (nSPS) is 14.4. The summed E-state index contributed by atoms with van der Waals surface area (Å²) in [5.41, 5.74) is 4.26. The molecule has 1 aromatic heterocycles. The minimum absolute atomic E-state index is 0.280. The van der Waals surface area contributed by atoms with Crippen LogP contribution in [0.5, 0.6) is 0 Å². The average Bonchev–Trinajstić information content (AvgIpc) is 3.42. The van der Waals surface area contributed by atoms with Gasteiger partial charge in [0.25, 0.3) is 5.91 Å². The maximum absolute atomic E-state index is 13.5. The Labute approximate surface area is 220 Å². The fraction of sp³-hybridized carbons (Fsp3) is 0.241. The van der Waals surface area contributed by atoms with Gasteiger partial charge >= 0.3 is 0 Å². The Morgan fingerprint density at radius 3 is 2.27 bits per heavy atom. The number of carbonyl (C=O) groups excluding carboxylic acids is 1. The zero-order valence-corrected chi connectivity index (χ0v) is 22.2. The number of benzene rings is 3. The lowest BCUT2D eigenvalue weighted by Crippen LogP contribution is -2.37. The van der Waals surface area contributed by atoms with Crippen molar-refractivity contribution in [2.75, 3.05) is 31.6 Å². The number of hydrogen-bond donors (Lipinski definition) is 1. The number of morpholine rings is 1. The van der Waals surface area contributed by atoms with Crippen molar-refractivity contribution in [1.82, 2.24) is 14.1 Å². The minimum atomic E-state index is -1.32. The Hall–Kier alpha value is -3.59. The Morgan fingerprint density at radius 2 is 1.59 bits per heavy atom. The summed E-state index contributed by atoms with van der Waals surface area (Å²) >= 11 is 0. The summed E-state index contributed by atoms with van der Waals surface area (Å²) in [7, 11) is -1.32. The van der Waals surface area contributed by atoms with Crippen LogP contribution < -0.4 is 5.32 Å². The molecule has 3 aromatic carbocycles. The van der Waals surface area contributed by atoms with Crippen molar-refractivity contribution in [2.24, 2.45) is 0 Å². The molecule has 5 rings (SSSR count). The van der Waals surface area contributed by atoms with E-state index >= 15 is 0 Å². The van der Waals surface area contributed by atoms with Crippen molar-refractivity contribution >= 4 is 22.6 Å². The third-order valence-corrected chi connectivity index (χ3v) is 7.52. The lowest BCUT2D eigenvalue weighted by Gasteiger charge is -2.26. The largest absolute Gasteiger partial charge is 0.379 e. The van der Waals surface area contributed by atoms with E-state index in [9.17, 15) is 9.00 Å². The molecular formula is C29H32N4O3S. The van der Waals surface area contributed by atoms with E-state index in [-0.39, 0.29) is 5.91 Å². The first-order valence-electron chi connectivity index (χ1n) is 12.5. The van der Waals surface area contributed by atoms with E-state index in [0.29, 0.717) is 48.1 Å². The predicted molar refractivity (Wildman–Crippen MR) is 148 cm³/mol. The van der Waals surface area contributed by atoms with Crippen LogP contribution in [-0.2, 0) is 15.7 Å². The van der Waals surface area contributed by atoms with Gasteiger partial charge in [-0.2, -0.15) is 5.10 Å². The number of hydrogen-bond acceptors (Lipinski definition) is 4. The smallest absolute Gasteiger partial charge is 0.259 e. The number of anilines is 1. The molecule has 1 N–H and O–H groups in total. The van der Waals surface area contributed by atoms with Crippen LogP contribution in [0.4, 0.5) is 5.69 Å². The molecule has 1 saturated heterocycles. The highest BCUT2D eigenvalue weighted by Gasteiger charge is 2.22. The molecule has 1 atom stereocenters. The standard InChI is InChI=1S/C27H26N4O3S.C2H6/c1-20-12-13-22(18-25(20)35(33)30-14-16-34-17-15-30)28-27(32)24-19-31(23-10-6-3-7-11-23)29-26(24)21-8-4-2-5-9-21;1-2/h2-13,18-19H,14-17H2,1H3,(H,28,32);1-2H3. The van der Waals surface area contributed by atoms with Crippen LogP contribution in [-0.4, -0.2) is 50.5 Å². The summed E-state index contributed by atoms with van der Waals surface area (Å²) in [5.74, 6) is -0.280. The van der Waals surface area contributed by atoms with E-state index in [1.807, 2.05) is 97.9 Å². The highest BCUT2D eigenvalue weighted by atomic mass is 32.2. The van der Waals surface area contributed by atoms with E-state index < -0.39 is 11.0 Å². The number of rotatable bonds is 6. The monoisotopic (exact) mass is 516 g/mol. The van der Waals surface area contributed by atoms with E-state index in [4.69, 9.17) is 9.84 Å². The van der Waals surface area contributed by atoms with Crippen molar-refractivity contribution in [3.8, 4) is 16.9 Å². The highest BCUT2D eigenvalue weighted by Crippen LogP contribution is 2.26. The summed E-state index contributed by atoms with van der Waals surface area (Å²) in [6.45, 7) is 8.28. The van der Waals surface area contributed by atoms with E-state index in [1.165, 1.54) is 0 Å². The number of aryl methyl sites for hydroxylation is 1. The zero-order chi connectivity index (χ0) is 26.2. The summed E-state index contributed by atoms with van der Waals surface area (Å²) in [5, 5.41) is 7.71. The average molecular weight is 517 g/mol. The molecule has 0 bridgehead atoms. The Kier molecular flexibility index (Phi) is 9.00. The number of ether oxygens (including phenoxy) is 1. The molecule has 0 aliphatic carbocycles. The molecule has 8 heteroatoms. The number of nitrogens with zero attached hydrogens (tertiary/aromatic N) is 3. The molecule has 2 heterocycles. The van der Waals surface area contributed by atoms with Crippen LogP contribution in [0.2, 0.25) is 0 Å². The second-order valence-corrected chi connectivity index (χ2v) is 9.72. The number of carbonyl (C=O) groups is 1. The fourth-order valence-electron chi connectivity index (χ4n) is 3.98. The van der Waals surface area contributed by atoms with Gasteiger partial charge in [0.1, 0.15) is 16.7 Å². The first-order chi connectivity index (χ1) is 18.1. The van der Waals surface area contributed by atoms with Gasteiger partial charge in [-0.1, -0.05) is 68.4 Å². The van der Waals surface area contributed by atoms with Crippen LogP contribution in [0, 0.1) is 6.92 Å². The lowest BCUT2D eigenvalue weighted by atomic mass is 10.1. The Morgan fingerprint density at radius 1 is 0.946 bits per heavy atom. The predicted octanol–water partition coefficient (Wildman–Crippen LogP) is 5.48. The molecule has 192 valence electrons. The summed E-state index contributed by atoms with van der Waals surface area (Å²) < 4.78 is 22.2. The number of nitrogens with one attached hydrogen (secondary N) is 1. The Balaban J connectivity index is 0.00000156. The van der Waals surface area contributed by atoms with Gasteiger partial charge in [-0.05, 0) is 36.8 Å². The summed E-state index contributed by atoms with van der Waals surface area (Å²) in [4.78, 5) is 14.1. The van der Waals surface area contributed by atoms with Crippen LogP contribution in [0.3, 0.4) is 0 Å². The number of aromatic nitrogens is 2. The highest BCUT2D eigenvalue weighted by molar-refractivity contribution is 7.82. The van der Waals surface area contributed by atoms with Crippen molar-refractivity contribution in [3.63, 3.8) is 0 Å². The van der Waals surface area contributed by atoms with Crippen molar-refractivity contribution in [3.05, 3.63) is 96.2 Å². The van der Waals surface area contributed by atoms with Gasteiger partial charge < -0.3 is 10.1 Å². The molecule has 0 spiro atoms. The maximum Gasteiger partial charge on any atom is 0.259 e. The second-order valence-electron chi connectivity index (χ2n) is 8.26. The van der Waals surface area contributed by atoms with Gasteiger partial charge in [-0.3, -0.25) is 4.79 Å². The molecule has 1 fully saturated rings. The lowest BCUT2D eigenvalue weighted by molar-refractivity contribution is 0.0752. The van der Waals surface area contributed by atoms with Gasteiger partial charge in [-0.25, -0.2) is 13.2 Å². The summed E-state index contributed by atoms with van der Waals surface area (Å²) in [6.07, 6.45) is 1.74. The zero-order valence-electron chi connectivity index (χ0n) is 21.4. The maximum atomic E-state index is 13.5. The number of amides is 1. The molecular weight excluding hydrogens is 484 g/mol. The first kappa shape index (κ1) is 26.5. The molecule has 7 nitrogen and oxygen atoms in total. The molecule has 1 amide bonds. The Bertz CT molecular complexity index is 1350. The molecule has 1 unspecified atom stereocenters. The van der Waals surface area contributed by atoms with Gasteiger partial charge in [-0.15, -0.1) is 0 Å². The van der Waals surface area contributed by atoms with Crippen LogP contribution >= 0.6 is 0 Å². The topological polar surface area (TPSA) is 76.5 Å². The van der Waals surface area contributed by atoms with E-state index in [1.54, 1.807) is 16.9 Å². The summed E-state index contributed by atoms with van der Waals surface area (Å²) in [6, 6.07) is 24.8. The van der Waals surface area contributed by atoms with Gasteiger partial charge in [0.2, 0.25) is 0 Å². The number of para-hydroxylation sites is 1. The van der Waals surface area contributed by atoms with Gasteiger partial charge in [0, 0.05) is 30.5 Å². The van der Waals surface area contributed by atoms with Crippen LogP contribution in [0.15, 0.2) is 90.0 Å². The van der Waals surface area contributed by atoms with Crippen molar-refractivity contribution in [1.29, 1.82) is 0 Å². The third-order valence-electron chi connectivity index (χ3n) is 5.87. The molecule has 0 saturated carbocycles. The molecule has 1 aliphatic heterocycles. The minimum Gasteiger partial charge on any atom is -0.379 e. The molecule has 4 aromatic rings. The van der Waals surface area contributed by atoms with E-state index in [0.717, 1.165) is 16.8 Å². The quantitative estimate of drug-likeness (QED) is 0.368. The molecule has 1 aliphatic rings. The molecule has 37 heavy (non-hydrogen) atoms. The third kappa shape index (κ3) is 6.22. The van der Waals surface area contributed by atoms with Crippen molar-refractivity contribution < 1.29 is 13.7 Å². The van der Waals surface area contributed by atoms with Crippen molar-refractivity contribution in [2.45, 2.75) is 25.7 Å². The van der Waals surface area contributed by atoms with Gasteiger partial charge in [0.05, 0.1) is 29.4 Å². The second kappa shape index (κ2) is 12.6. The fourth-order valence-corrected chi connectivity index (χ4v) is 5.31.